The van der Waals surface area contributed by atoms with Crippen molar-refractivity contribution >= 4 is 5.82 Å². The van der Waals surface area contributed by atoms with Gasteiger partial charge in [-0.1, -0.05) is 0 Å². The van der Waals surface area contributed by atoms with Crippen molar-refractivity contribution in [2.45, 2.75) is 0 Å². The Kier molecular flexibility index (Phi) is 1.10. The lowest BCUT2D eigenvalue weighted by Gasteiger charge is -2.14. The van der Waals surface area contributed by atoms with E-state index >= 15 is 0 Å². The number of nitrogens with one attached hydrogen (secondary N) is 2. The van der Waals surface area contributed by atoms with Crippen LogP contribution in [0.3, 0.4) is 0 Å². The van der Waals surface area contributed by atoms with Crippen molar-refractivity contribution in [1.29, 1.82) is 0 Å². The quantitative estimate of drug-likeness (QED) is 0.581. The highest BCUT2D eigenvalue weighted by Crippen LogP contribution is 2.07. The highest BCUT2D eigenvalue weighted by atomic mass is 15.5. The summed E-state index contributed by atoms with van der Waals surface area (Å²) in [7, 11) is 0. The van der Waals surface area contributed by atoms with Crippen LogP contribution in [-0.2, 0) is 0 Å². The van der Waals surface area contributed by atoms with Gasteiger partial charge in [0.15, 0.2) is 0 Å². The number of hydrogen-bond acceptors (Lipinski definition) is 3. The van der Waals surface area contributed by atoms with E-state index in [0.29, 0.717) is 0 Å². The zero-order valence-electron chi connectivity index (χ0n) is 5.41. The third-order valence-corrected chi connectivity index (χ3v) is 1.41. The number of anilines is 1. The van der Waals surface area contributed by atoms with Gasteiger partial charge < -0.3 is 5.43 Å². The van der Waals surface area contributed by atoms with Gasteiger partial charge in [-0.15, -0.1) is 0 Å². The highest BCUT2D eigenvalue weighted by Gasteiger charge is 2.06. The van der Waals surface area contributed by atoms with E-state index in [0.717, 1.165) is 12.4 Å². The predicted molar refractivity (Wildman–Crippen MR) is 38.2 cm³/mol. The number of hydrazine groups is 1. The third-order valence-electron chi connectivity index (χ3n) is 1.41. The van der Waals surface area contributed by atoms with Gasteiger partial charge >= 0.3 is 0 Å². The minimum Gasteiger partial charge on any atom is -0.304 e. The second-order valence-electron chi connectivity index (χ2n) is 2.08. The molecule has 0 aromatic carbocycles. The molecule has 0 aliphatic carbocycles. The smallest absolute Gasteiger partial charge is 0.143 e. The van der Waals surface area contributed by atoms with Crippen LogP contribution in [-0.4, -0.2) is 16.7 Å². The van der Waals surface area contributed by atoms with E-state index in [2.05, 4.69) is 15.6 Å². The van der Waals surface area contributed by atoms with Crippen molar-refractivity contribution in [2.75, 3.05) is 11.6 Å². The molecule has 0 radical (unpaired) electrons. The number of rotatable bonds is 1. The largest absolute Gasteiger partial charge is 0.304 e. The van der Waals surface area contributed by atoms with Crippen LogP contribution in [0.1, 0.15) is 0 Å². The van der Waals surface area contributed by atoms with Gasteiger partial charge in [0.25, 0.3) is 0 Å². The fourth-order valence-corrected chi connectivity index (χ4v) is 0.920. The molecule has 0 fully saturated rings. The topological polar surface area (TPSA) is 44.0 Å². The van der Waals surface area contributed by atoms with Crippen LogP contribution in [0.15, 0.2) is 24.5 Å². The summed E-state index contributed by atoms with van der Waals surface area (Å²) in [6.07, 6.45) is 5.68. The second kappa shape index (κ2) is 2.06. The molecule has 2 N–H and O–H groups in total. The molecule has 0 bridgehead atoms. The van der Waals surface area contributed by atoms with E-state index in [1.807, 2.05) is 23.4 Å². The van der Waals surface area contributed by atoms with Gasteiger partial charge in [-0.2, -0.15) is 5.10 Å². The molecule has 0 saturated carbocycles. The number of hydrogen-bond donors (Lipinski definition) is 2. The molecule has 2 rings (SSSR count). The first-order chi connectivity index (χ1) is 4.97. The number of H-pyrrole nitrogens is 1. The van der Waals surface area contributed by atoms with Crippen LogP contribution in [0.25, 0.3) is 0 Å². The van der Waals surface area contributed by atoms with Gasteiger partial charge in [0, 0.05) is 12.3 Å². The Morgan fingerprint density at radius 2 is 2.60 bits per heavy atom. The molecule has 4 nitrogen and oxygen atoms in total. The first-order valence-corrected chi connectivity index (χ1v) is 3.15. The number of aromatic nitrogens is 2. The Morgan fingerprint density at radius 1 is 1.60 bits per heavy atom. The molecular formula is C6H8N4. The fourth-order valence-electron chi connectivity index (χ4n) is 0.920. The molecule has 0 spiro atoms. The molecule has 52 valence electrons. The Labute approximate surface area is 58.5 Å². The van der Waals surface area contributed by atoms with E-state index < -0.39 is 0 Å². The Hall–Kier alpha value is -1.45. The fraction of sp³-hybridized carbons (Fsp3) is 0.167. The molecule has 0 atom stereocenters. The van der Waals surface area contributed by atoms with E-state index in [-0.39, 0.29) is 0 Å². The first kappa shape index (κ1) is 5.34. The molecule has 1 aliphatic rings. The van der Waals surface area contributed by atoms with Crippen LogP contribution >= 0.6 is 0 Å². The minimum absolute atomic E-state index is 0.891. The lowest BCUT2D eigenvalue weighted by atomic mass is 10.5. The zero-order chi connectivity index (χ0) is 6.81. The van der Waals surface area contributed by atoms with Crippen molar-refractivity contribution < 1.29 is 0 Å². The maximum Gasteiger partial charge on any atom is 0.143 e. The molecule has 0 unspecified atom stereocenters. The maximum absolute atomic E-state index is 3.83. The summed E-state index contributed by atoms with van der Waals surface area (Å²) in [5.41, 5.74) is 3.04. The summed E-state index contributed by atoms with van der Waals surface area (Å²) in [4.78, 5) is 0. The van der Waals surface area contributed by atoms with Crippen molar-refractivity contribution in [3.63, 3.8) is 0 Å². The van der Waals surface area contributed by atoms with Gasteiger partial charge in [-0.3, -0.25) is 10.1 Å². The zero-order valence-corrected chi connectivity index (χ0v) is 5.41. The van der Waals surface area contributed by atoms with Gasteiger partial charge in [-0.05, 0) is 6.08 Å². The van der Waals surface area contributed by atoms with Crippen LogP contribution in [0.5, 0.6) is 0 Å². The number of nitrogens with zero attached hydrogens (tertiary/aromatic N) is 2. The van der Waals surface area contributed by atoms with Crippen LogP contribution in [0.4, 0.5) is 5.82 Å². The van der Waals surface area contributed by atoms with Crippen LogP contribution in [0.2, 0.25) is 0 Å². The average Bonchev–Trinajstić information content (AvgIpc) is 2.59. The molecular weight excluding hydrogens is 128 g/mol. The Morgan fingerprint density at radius 3 is 3.20 bits per heavy atom. The molecule has 4 heteroatoms. The molecule has 1 aromatic heterocycles. The molecule has 0 saturated heterocycles. The Balaban J connectivity index is 2.14. The van der Waals surface area contributed by atoms with Crippen molar-refractivity contribution in [1.82, 2.24) is 15.6 Å². The third kappa shape index (κ3) is 0.737. The standard InChI is InChI=1S/C6H8N4/c1-3-8-10(5-1)6-2-4-7-9-6/h1-4,8H,5H2,(H,7,9). The molecule has 1 aromatic rings. The van der Waals surface area contributed by atoms with E-state index in [1.165, 1.54) is 0 Å². The van der Waals surface area contributed by atoms with Gasteiger partial charge in [0.1, 0.15) is 5.82 Å². The lowest BCUT2D eigenvalue weighted by Crippen LogP contribution is -2.29. The summed E-state index contributed by atoms with van der Waals surface area (Å²) in [5.74, 6) is 0.991. The minimum atomic E-state index is 0.891. The molecule has 0 amide bonds. The lowest BCUT2D eigenvalue weighted by molar-refractivity contribution is 0.814. The monoisotopic (exact) mass is 136 g/mol. The van der Waals surface area contributed by atoms with Crippen molar-refractivity contribution in [3.8, 4) is 0 Å². The molecule has 2 heterocycles. The van der Waals surface area contributed by atoms with Gasteiger partial charge in [0.05, 0.1) is 12.7 Å². The summed E-state index contributed by atoms with van der Waals surface area (Å²) in [6.45, 7) is 0.891. The van der Waals surface area contributed by atoms with E-state index in [9.17, 15) is 0 Å². The first-order valence-electron chi connectivity index (χ1n) is 3.15. The van der Waals surface area contributed by atoms with Crippen LogP contribution < -0.4 is 10.4 Å². The highest BCUT2D eigenvalue weighted by molar-refractivity contribution is 5.37. The second-order valence-corrected chi connectivity index (χ2v) is 2.08. The van der Waals surface area contributed by atoms with Gasteiger partial charge in [0.2, 0.25) is 0 Å². The van der Waals surface area contributed by atoms with E-state index in [4.69, 9.17) is 0 Å². The van der Waals surface area contributed by atoms with E-state index in [1.54, 1.807) is 6.20 Å². The average molecular weight is 136 g/mol. The molecule has 1 aliphatic heterocycles. The SMILES string of the molecule is C1=CNN(c2ccn[nH]2)C1. The summed E-state index contributed by atoms with van der Waals surface area (Å²) in [6, 6.07) is 1.92. The Bertz CT molecular complexity index is 218. The summed E-state index contributed by atoms with van der Waals surface area (Å²) >= 11 is 0. The summed E-state index contributed by atoms with van der Waals surface area (Å²) in [5, 5.41) is 8.65. The maximum atomic E-state index is 3.83. The molecule has 10 heavy (non-hydrogen) atoms. The predicted octanol–water partition coefficient (Wildman–Crippen LogP) is 0.248. The van der Waals surface area contributed by atoms with Crippen LogP contribution in [0, 0.1) is 0 Å². The number of aromatic amines is 1. The van der Waals surface area contributed by atoms with Crippen molar-refractivity contribution in [2.24, 2.45) is 0 Å². The summed E-state index contributed by atoms with van der Waals surface area (Å²) < 4.78 is 0. The normalized spacial score (nSPS) is 15.8. The van der Waals surface area contributed by atoms with Crippen molar-refractivity contribution in [3.05, 3.63) is 24.5 Å². The van der Waals surface area contributed by atoms with Gasteiger partial charge in [-0.25, -0.2) is 0 Å².